The molecule has 0 spiro atoms. The number of benzene rings is 2. The largest absolute Gasteiger partial charge is 0.446 e. The Morgan fingerprint density at radius 1 is 1.13 bits per heavy atom. The molecule has 0 bridgehead atoms. The SMILES string of the molecule is CCNC(=O)OC1CCC(c2ccccc2)(c2noc(-c3ccc(C)cc3)n2)CC1. The minimum absolute atomic E-state index is 0.100. The summed E-state index contributed by atoms with van der Waals surface area (Å²) >= 11 is 0. The number of nitrogens with one attached hydrogen (secondary N) is 1. The van der Waals surface area contributed by atoms with Gasteiger partial charge in [0.1, 0.15) is 6.10 Å². The van der Waals surface area contributed by atoms with E-state index in [1.165, 1.54) is 5.56 Å². The zero-order valence-corrected chi connectivity index (χ0v) is 17.4. The summed E-state index contributed by atoms with van der Waals surface area (Å²) in [6.07, 6.45) is 2.62. The molecule has 1 aromatic heterocycles. The Balaban J connectivity index is 1.61. The van der Waals surface area contributed by atoms with Crippen molar-refractivity contribution in [2.24, 2.45) is 0 Å². The molecule has 1 saturated carbocycles. The zero-order chi connectivity index (χ0) is 21.0. The molecule has 0 aliphatic heterocycles. The van der Waals surface area contributed by atoms with Crippen LogP contribution in [0, 0.1) is 6.92 Å². The van der Waals surface area contributed by atoms with Gasteiger partial charge < -0.3 is 14.6 Å². The van der Waals surface area contributed by atoms with E-state index >= 15 is 0 Å². The molecular weight excluding hydrogens is 378 g/mol. The predicted molar refractivity (Wildman–Crippen MR) is 114 cm³/mol. The van der Waals surface area contributed by atoms with Crippen LogP contribution in [0.15, 0.2) is 59.1 Å². The highest BCUT2D eigenvalue weighted by Gasteiger charge is 2.43. The fraction of sp³-hybridized carbons (Fsp3) is 0.375. The Kier molecular flexibility index (Phi) is 5.84. The van der Waals surface area contributed by atoms with E-state index in [2.05, 4.69) is 29.5 Å². The second kappa shape index (κ2) is 8.69. The molecule has 0 atom stereocenters. The Labute approximate surface area is 176 Å². The van der Waals surface area contributed by atoms with E-state index in [0.717, 1.165) is 36.8 Å². The summed E-state index contributed by atoms with van der Waals surface area (Å²) in [5.74, 6) is 1.22. The quantitative estimate of drug-likeness (QED) is 0.645. The second-order valence-corrected chi connectivity index (χ2v) is 7.87. The number of alkyl carbamates (subject to hydrolysis) is 1. The average Bonchev–Trinajstić information content (AvgIpc) is 3.26. The molecule has 1 amide bonds. The van der Waals surface area contributed by atoms with E-state index in [1.807, 2.05) is 49.4 Å². The van der Waals surface area contributed by atoms with Gasteiger partial charge in [-0.3, -0.25) is 0 Å². The maximum absolute atomic E-state index is 11.8. The lowest BCUT2D eigenvalue weighted by Gasteiger charge is -2.38. The number of hydrogen-bond donors (Lipinski definition) is 1. The number of aryl methyl sites for hydroxylation is 1. The summed E-state index contributed by atoms with van der Waals surface area (Å²) < 4.78 is 11.2. The van der Waals surface area contributed by atoms with E-state index < -0.39 is 0 Å². The van der Waals surface area contributed by atoms with Crippen molar-refractivity contribution in [3.05, 3.63) is 71.5 Å². The molecule has 30 heavy (non-hydrogen) atoms. The van der Waals surface area contributed by atoms with Gasteiger partial charge in [0.2, 0.25) is 0 Å². The minimum atomic E-state index is -0.352. The number of hydrogen-bond acceptors (Lipinski definition) is 5. The fourth-order valence-corrected chi connectivity index (χ4v) is 4.17. The lowest BCUT2D eigenvalue weighted by atomic mass is 9.68. The van der Waals surface area contributed by atoms with Crippen molar-refractivity contribution in [1.82, 2.24) is 15.5 Å². The molecule has 0 radical (unpaired) electrons. The van der Waals surface area contributed by atoms with Crippen molar-refractivity contribution in [1.29, 1.82) is 0 Å². The molecule has 1 N–H and O–H groups in total. The van der Waals surface area contributed by atoms with Gasteiger partial charge in [0.05, 0.1) is 5.41 Å². The van der Waals surface area contributed by atoms with Crippen molar-refractivity contribution in [2.75, 3.05) is 6.54 Å². The van der Waals surface area contributed by atoms with Crippen LogP contribution in [0.2, 0.25) is 0 Å². The Bertz CT molecular complexity index is 974. The Morgan fingerprint density at radius 3 is 2.50 bits per heavy atom. The number of aromatic nitrogens is 2. The Hall–Kier alpha value is -3.15. The van der Waals surface area contributed by atoms with Crippen molar-refractivity contribution in [3.63, 3.8) is 0 Å². The first-order valence-electron chi connectivity index (χ1n) is 10.5. The molecule has 4 rings (SSSR count). The van der Waals surface area contributed by atoms with Gasteiger partial charge in [-0.1, -0.05) is 53.2 Å². The minimum Gasteiger partial charge on any atom is -0.446 e. The van der Waals surface area contributed by atoms with E-state index in [0.29, 0.717) is 18.3 Å². The van der Waals surface area contributed by atoms with Crippen LogP contribution in [0.5, 0.6) is 0 Å². The lowest BCUT2D eigenvalue weighted by molar-refractivity contribution is 0.0618. The van der Waals surface area contributed by atoms with Crippen LogP contribution in [0.25, 0.3) is 11.5 Å². The van der Waals surface area contributed by atoms with Crippen LogP contribution in [-0.4, -0.2) is 28.9 Å². The maximum Gasteiger partial charge on any atom is 0.407 e. The third-order valence-corrected chi connectivity index (χ3v) is 5.86. The molecule has 156 valence electrons. The average molecular weight is 405 g/mol. The van der Waals surface area contributed by atoms with Crippen LogP contribution in [0.4, 0.5) is 4.79 Å². The number of amides is 1. The lowest BCUT2D eigenvalue weighted by Crippen LogP contribution is -2.38. The fourth-order valence-electron chi connectivity index (χ4n) is 4.17. The third kappa shape index (κ3) is 4.08. The van der Waals surface area contributed by atoms with Gasteiger partial charge in [0.25, 0.3) is 5.89 Å². The van der Waals surface area contributed by atoms with Crippen LogP contribution in [0.3, 0.4) is 0 Å². The second-order valence-electron chi connectivity index (χ2n) is 7.87. The third-order valence-electron chi connectivity index (χ3n) is 5.86. The molecule has 6 nitrogen and oxygen atoms in total. The number of carbonyl (C=O) groups excluding carboxylic acids is 1. The van der Waals surface area contributed by atoms with E-state index in [9.17, 15) is 4.79 Å². The van der Waals surface area contributed by atoms with E-state index in [4.69, 9.17) is 14.2 Å². The van der Waals surface area contributed by atoms with Crippen molar-refractivity contribution >= 4 is 6.09 Å². The monoisotopic (exact) mass is 405 g/mol. The van der Waals surface area contributed by atoms with Crippen LogP contribution < -0.4 is 5.32 Å². The summed E-state index contributed by atoms with van der Waals surface area (Å²) in [5, 5.41) is 7.10. The molecule has 1 aliphatic carbocycles. The molecule has 1 fully saturated rings. The first kappa shape index (κ1) is 20.1. The van der Waals surface area contributed by atoms with Gasteiger partial charge in [0.15, 0.2) is 5.82 Å². The van der Waals surface area contributed by atoms with Gasteiger partial charge in [-0.25, -0.2) is 4.79 Å². The van der Waals surface area contributed by atoms with Gasteiger partial charge in [-0.05, 0) is 57.2 Å². The molecule has 1 heterocycles. The van der Waals surface area contributed by atoms with E-state index in [-0.39, 0.29) is 17.6 Å². The molecular formula is C24H27N3O3. The summed E-state index contributed by atoms with van der Waals surface area (Å²) in [6, 6.07) is 18.4. The molecule has 1 aliphatic rings. The van der Waals surface area contributed by atoms with Crippen molar-refractivity contribution in [3.8, 4) is 11.5 Å². The van der Waals surface area contributed by atoms with E-state index in [1.54, 1.807) is 0 Å². The summed E-state index contributed by atoms with van der Waals surface area (Å²) in [4.78, 5) is 16.6. The maximum atomic E-state index is 11.8. The molecule has 6 heteroatoms. The summed E-state index contributed by atoms with van der Waals surface area (Å²) in [6.45, 7) is 4.49. The molecule has 0 saturated heterocycles. The normalized spacial score (nSPS) is 21.2. The zero-order valence-electron chi connectivity index (χ0n) is 17.4. The summed E-state index contributed by atoms with van der Waals surface area (Å²) in [5.41, 5.74) is 2.91. The smallest absolute Gasteiger partial charge is 0.407 e. The highest BCUT2D eigenvalue weighted by atomic mass is 16.6. The summed E-state index contributed by atoms with van der Waals surface area (Å²) in [7, 11) is 0. The molecule has 0 unspecified atom stereocenters. The topological polar surface area (TPSA) is 77.2 Å². The number of carbonyl (C=O) groups is 1. The van der Waals surface area contributed by atoms with Gasteiger partial charge >= 0.3 is 6.09 Å². The Morgan fingerprint density at radius 2 is 1.83 bits per heavy atom. The van der Waals surface area contributed by atoms with Crippen LogP contribution in [-0.2, 0) is 10.2 Å². The van der Waals surface area contributed by atoms with Crippen molar-refractivity contribution in [2.45, 2.75) is 51.0 Å². The molecule has 2 aromatic carbocycles. The standard InChI is InChI=1S/C24H27N3O3/c1-3-25-23(28)29-20-13-15-24(16-14-20,19-7-5-4-6-8-19)22-26-21(30-27-22)18-11-9-17(2)10-12-18/h4-12,20H,3,13-16H2,1-2H3,(H,25,28). The van der Waals surface area contributed by atoms with Gasteiger partial charge in [-0.15, -0.1) is 0 Å². The van der Waals surface area contributed by atoms with Gasteiger partial charge in [-0.2, -0.15) is 4.98 Å². The van der Waals surface area contributed by atoms with Crippen LogP contribution >= 0.6 is 0 Å². The van der Waals surface area contributed by atoms with Gasteiger partial charge in [0, 0.05) is 12.1 Å². The highest BCUT2D eigenvalue weighted by Crippen LogP contribution is 2.44. The van der Waals surface area contributed by atoms with Crippen molar-refractivity contribution < 1.29 is 14.1 Å². The first-order valence-corrected chi connectivity index (χ1v) is 10.5. The first-order chi connectivity index (χ1) is 14.6. The van der Waals surface area contributed by atoms with Crippen LogP contribution in [0.1, 0.15) is 49.6 Å². The molecule has 3 aromatic rings. The number of nitrogens with zero attached hydrogens (tertiary/aromatic N) is 2. The highest BCUT2D eigenvalue weighted by molar-refractivity contribution is 5.67. The predicted octanol–water partition coefficient (Wildman–Crippen LogP) is 5.02. The number of rotatable bonds is 5. The number of ether oxygens (including phenoxy) is 1.